The van der Waals surface area contributed by atoms with Crippen molar-refractivity contribution < 1.29 is 24.2 Å². The molecule has 0 rings (SSSR count). The Balaban J connectivity index is 4.04. The van der Waals surface area contributed by atoms with Crippen LogP contribution < -0.4 is 0 Å². The molecule has 0 aromatic heterocycles. The van der Waals surface area contributed by atoms with E-state index >= 15 is 0 Å². The lowest BCUT2D eigenvalue weighted by Gasteiger charge is -2.23. The second kappa shape index (κ2) is 12.6. The monoisotopic (exact) mass is 302 g/mol. The number of ether oxygens (including phenoxy) is 2. The van der Waals surface area contributed by atoms with Gasteiger partial charge in [-0.25, -0.2) is 9.59 Å². The van der Waals surface area contributed by atoms with Crippen LogP contribution in [-0.4, -0.2) is 35.9 Å². The fraction of sp³-hybridized carbons (Fsp3) is 0.875. The Morgan fingerprint density at radius 2 is 1.57 bits per heavy atom. The SMILES string of the molecule is CCCCCCCCCC(OC(=O)C(=O)O)C(C)OCC. The van der Waals surface area contributed by atoms with Gasteiger partial charge in [-0.3, -0.25) is 0 Å². The average molecular weight is 302 g/mol. The van der Waals surface area contributed by atoms with Crippen molar-refractivity contribution in [3.63, 3.8) is 0 Å². The number of hydrogen-bond acceptors (Lipinski definition) is 4. The van der Waals surface area contributed by atoms with Gasteiger partial charge in [-0.15, -0.1) is 0 Å². The number of carbonyl (C=O) groups excluding carboxylic acids is 1. The van der Waals surface area contributed by atoms with Gasteiger partial charge in [-0.05, 0) is 26.7 Å². The Labute approximate surface area is 128 Å². The highest BCUT2D eigenvalue weighted by Gasteiger charge is 2.25. The van der Waals surface area contributed by atoms with Crippen molar-refractivity contribution >= 4 is 11.9 Å². The van der Waals surface area contributed by atoms with Crippen LogP contribution in [0.4, 0.5) is 0 Å². The van der Waals surface area contributed by atoms with E-state index < -0.39 is 18.0 Å². The minimum Gasteiger partial charge on any atom is -0.473 e. The van der Waals surface area contributed by atoms with Crippen LogP contribution in [0.1, 0.15) is 72.1 Å². The second-order valence-corrected chi connectivity index (χ2v) is 5.32. The fourth-order valence-corrected chi connectivity index (χ4v) is 2.25. The molecule has 0 aromatic carbocycles. The standard InChI is InChI=1S/C16H30O5/c1-4-6-7-8-9-10-11-12-14(13(3)20-5-2)21-16(19)15(17)18/h13-14H,4-12H2,1-3H3,(H,17,18). The highest BCUT2D eigenvalue weighted by Crippen LogP contribution is 2.15. The molecule has 2 unspecified atom stereocenters. The molecule has 124 valence electrons. The van der Waals surface area contributed by atoms with E-state index in [9.17, 15) is 9.59 Å². The summed E-state index contributed by atoms with van der Waals surface area (Å²) in [5.74, 6) is -2.75. The Hall–Kier alpha value is -1.10. The predicted octanol–water partition coefficient (Wildman–Crippen LogP) is 3.55. The molecule has 5 heteroatoms. The molecule has 0 aliphatic carbocycles. The molecule has 0 heterocycles. The summed E-state index contributed by atoms with van der Waals surface area (Å²) in [6, 6.07) is 0. The summed E-state index contributed by atoms with van der Waals surface area (Å²) in [4.78, 5) is 21.8. The number of esters is 1. The molecule has 0 fully saturated rings. The van der Waals surface area contributed by atoms with Gasteiger partial charge in [0.05, 0.1) is 6.10 Å². The van der Waals surface area contributed by atoms with Gasteiger partial charge in [0.25, 0.3) is 0 Å². The predicted molar refractivity (Wildman–Crippen MR) is 81.2 cm³/mol. The summed E-state index contributed by atoms with van der Waals surface area (Å²) in [5.41, 5.74) is 0. The van der Waals surface area contributed by atoms with E-state index in [0.717, 1.165) is 12.8 Å². The molecule has 0 aliphatic rings. The van der Waals surface area contributed by atoms with Gasteiger partial charge in [-0.2, -0.15) is 0 Å². The van der Waals surface area contributed by atoms with E-state index in [0.29, 0.717) is 13.0 Å². The van der Waals surface area contributed by atoms with Crippen molar-refractivity contribution in [3.05, 3.63) is 0 Å². The molecule has 0 amide bonds. The summed E-state index contributed by atoms with van der Waals surface area (Å²) in [6.07, 6.45) is 8.06. The molecule has 1 N–H and O–H groups in total. The lowest BCUT2D eigenvalue weighted by atomic mass is 10.0. The maximum atomic E-state index is 11.2. The third-order valence-corrected chi connectivity index (χ3v) is 3.48. The van der Waals surface area contributed by atoms with Gasteiger partial charge in [0.2, 0.25) is 0 Å². The Bertz CT molecular complexity index is 290. The van der Waals surface area contributed by atoms with E-state index in [2.05, 4.69) is 6.92 Å². The number of carbonyl (C=O) groups is 2. The molecule has 0 radical (unpaired) electrons. The van der Waals surface area contributed by atoms with Gasteiger partial charge in [-0.1, -0.05) is 45.4 Å². The normalized spacial score (nSPS) is 13.7. The van der Waals surface area contributed by atoms with Crippen LogP contribution in [-0.2, 0) is 19.1 Å². The highest BCUT2D eigenvalue weighted by atomic mass is 16.6. The first-order valence-electron chi connectivity index (χ1n) is 8.08. The molecule has 5 nitrogen and oxygen atoms in total. The number of carboxylic acid groups (broad SMARTS) is 1. The highest BCUT2D eigenvalue weighted by molar-refractivity contribution is 6.28. The minimum absolute atomic E-state index is 0.279. The van der Waals surface area contributed by atoms with Crippen molar-refractivity contribution in [2.45, 2.75) is 84.3 Å². The maximum absolute atomic E-state index is 11.2. The summed E-state index contributed by atoms with van der Waals surface area (Å²) < 4.78 is 10.4. The molecule has 0 spiro atoms. The molecule has 0 bridgehead atoms. The molecule has 0 aromatic rings. The maximum Gasteiger partial charge on any atom is 0.417 e. The third kappa shape index (κ3) is 10.3. The molecular formula is C16H30O5. The summed E-state index contributed by atoms with van der Waals surface area (Å²) in [5, 5.41) is 8.62. The van der Waals surface area contributed by atoms with Gasteiger partial charge in [0.1, 0.15) is 6.10 Å². The van der Waals surface area contributed by atoms with Crippen LogP contribution in [0.5, 0.6) is 0 Å². The lowest BCUT2D eigenvalue weighted by Crippen LogP contribution is -2.33. The van der Waals surface area contributed by atoms with Crippen LogP contribution in [0.2, 0.25) is 0 Å². The van der Waals surface area contributed by atoms with Crippen LogP contribution in [0.15, 0.2) is 0 Å². The van der Waals surface area contributed by atoms with Crippen molar-refractivity contribution in [3.8, 4) is 0 Å². The smallest absolute Gasteiger partial charge is 0.417 e. The number of rotatable bonds is 12. The topological polar surface area (TPSA) is 72.8 Å². The zero-order chi connectivity index (χ0) is 16.1. The van der Waals surface area contributed by atoms with Crippen molar-refractivity contribution in [2.24, 2.45) is 0 Å². The van der Waals surface area contributed by atoms with Crippen LogP contribution in [0.3, 0.4) is 0 Å². The summed E-state index contributed by atoms with van der Waals surface area (Å²) in [6.45, 7) is 6.38. The summed E-state index contributed by atoms with van der Waals surface area (Å²) in [7, 11) is 0. The number of unbranched alkanes of at least 4 members (excludes halogenated alkanes) is 6. The van der Waals surface area contributed by atoms with E-state index in [1.54, 1.807) is 0 Å². The fourth-order valence-electron chi connectivity index (χ4n) is 2.25. The third-order valence-electron chi connectivity index (χ3n) is 3.48. The lowest BCUT2D eigenvalue weighted by molar-refractivity contribution is -0.172. The van der Waals surface area contributed by atoms with E-state index in [-0.39, 0.29) is 6.10 Å². The molecule has 0 saturated heterocycles. The number of hydrogen-bond donors (Lipinski definition) is 1. The molecule has 0 aliphatic heterocycles. The van der Waals surface area contributed by atoms with Gasteiger partial charge in [0, 0.05) is 6.61 Å². The average Bonchev–Trinajstić information content (AvgIpc) is 2.44. The molecular weight excluding hydrogens is 272 g/mol. The molecule has 0 saturated carbocycles. The summed E-state index contributed by atoms with van der Waals surface area (Å²) >= 11 is 0. The van der Waals surface area contributed by atoms with Gasteiger partial charge < -0.3 is 14.6 Å². The van der Waals surface area contributed by atoms with E-state index in [4.69, 9.17) is 14.6 Å². The Morgan fingerprint density at radius 1 is 1.00 bits per heavy atom. The van der Waals surface area contributed by atoms with Crippen LogP contribution in [0.25, 0.3) is 0 Å². The van der Waals surface area contributed by atoms with Crippen LogP contribution in [0, 0.1) is 0 Å². The van der Waals surface area contributed by atoms with Crippen LogP contribution >= 0.6 is 0 Å². The number of aliphatic carboxylic acids is 1. The molecule has 2 atom stereocenters. The number of carboxylic acids is 1. The van der Waals surface area contributed by atoms with Gasteiger partial charge >= 0.3 is 11.9 Å². The largest absolute Gasteiger partial charge is 0.473 e. The first-order valence-corrected chi connectivity index (χ1v) is 8.08. The van der Waals surface area contributed by atoms with Gasteiger partial charge in [0.15, 0.2) is 0 Å². The minimum atomic E-state index is -1.55. The van der Waals surface area contributed by atoms with E-state index in [1.807, 2.05) is 13.8 Å². The van der Waals surface area contributed by atoms with E-state index in [1.165, 1.54) is 32.1 Å². The first-order chi connectivity index (χ1) is 10.0. The van der Waals surface area contributed by atoms with Crippen molar-refractivity contribution in [1.82, 2.24) is 0 Å². The molecule has 21 heavy (non-hydrogen) atoms. The zero-order valence-electron chi connectivity index (χ0n) is 13.6. The quantitative estimate of drug-likeness (QED) is 0.339. The van der Waals surface area contributed by atoms with Crippen molar-refractivity contribution in [2.75, 3.05) is 6.61 Å². The Morgan fingerprint density at radius 3 is 2.10 bits per heavy atom. The zero-order valence-corrected chi connectivity index (χ0v) is 13.6. The second-order valence-electron chi connectivity index (χ2n) is 5.32. The Kier molecular flexibility index (Phi) is 12.0. The first kappa shape index (κ1) is 19.9. The van der Waals surface area contributed by atoms with Crippen molar-refractivity contribution in [1.29, 1.82) is 0 Å².